The first kappa shape index (κ1) is 20.1. The van der Waals surface area contributed by atoms with Crippen LogP contribution in [0.4, 0.5) is 8.78 Å². The number of rotatable bonds is 8. The standard InChI is InChI=1S/C23H24F2O3/c1-3-4-8-14-23(24,25)21-19(15(2)22(26)27)18-13-9-12-17(20(18)28-21)16-10-6-5-7-11-16/h5-7,9-13,15H,3-4,8,14H2,1-2H3,(H,26,27). The average molecular weight is 386 g/mol. The third-order valence-corrected chi connectivity index (χ3v) is 5.07. The van der Waals surface area contributed by atoms with Crippen molar-refractivity contribution in [3.8, 4) is 11.1 Å². The summed E-state index contributed by atoms with van der Waals surface area (Å²) in [6.07, 6.45) is 1.51. The number of halogens is 2. The molecule has 3 aromatic rings. The zero-order valence-electron chi connectivity index (χ0n) is 16.0. The molecule has 148 valence electrons. The van der Waals surface area contributed by atoms with Crippen LogP contribution in [0.15, 0.2) is 52.9 Å². The van der Waals surface area contributed by atoms with Crippen LogP contribution in [0.1, 0.15) is 56.8 Å². The smallest absolute Gasteiger partial charge is 0.310 e. The van der Waals surface area contributed by atoms with E-state index >= 15 is 8.78 Å². The van der Waals surface area contributed by atoms with E-state index in [0.717, 1.165) is 12.0 Å². The maximum atomic E-state index is 15.0. The molecule has 0 saturated heterocycles. The second kappa shape index (κ2) is 8.13. The predicted octanol–water partition coefficient (Wildman–Crippen LogP) is 6.96. The minimum atomic E-state index is -3.22. The van der Waals surface area contributed by atoms with E-state index in [4.69, 9.17) is 4.42 Å². The molecule has 2 aromatic carbocycles. The molecule has 0 fully saturated rings. The number of unbranched alkanes of at least 4 members (excludes halogenated alkanes) is 2. The number of furan rings is 1. The largest absolute Gasteiger partial charge is 0.481 e. The van der Waals surface area contributed by atoms with Gasteiger partial charge >= 0.3 is 11.9 Å². The van der Waals surface area contributed by atoms with E-state index in [9.17, 15) is 9.90 Å². The quantitative estimate of drug-likeness (QED) is 0.426. The number of alkyl halides is 2. The third-order valence-electron chi connectivity index (χ3n) is 5.07. The minimum Gasteiger partial charge on any atom is -0.481 e. The van der Waals surface area contributed by atoms with E-state index in [1.54, 1.807) is 18.2 Å². The molecular formula is C23H24F2O3. The van der Waals surface area contributed by atoms with Crippen molar-refractivity contribution < 1.29 is 23.1 Å². The van der Waals surface area contributed by atoms with Gasteiger partial charge in [-0.15, -0.1) is 0 Å². The second-order valence-corrected chi connectivity index (χ2v) is 7.11. The molecule has 1 aromatic heterocycles. The number of para-hydroxylation sites is 1. The number of hydrogen-bond acceptors (Lipinski definition) is 2. The number of fused-ring (bicyclic) bond motifs is 1. The lowest BCUT2D eigenvalue weighted by Gasteiger charge is -2.17. The summed E-state index contributed by atoms with van der Waals surface area (Å²) >= 11 is 0. The van der Waals surface area contributed by atoms with Crippen LogP contribution in [0.25, 0.3) is 22.1 Å². The first-order valence-corrected chi connectivity index (χ1v) is 9.58. The molecule has 0 aliphatic heterocycles. The van der Waals surface area contributed by atoms with Gasteiger partial charge in [0.25, 0.3) is 0 Å². The number of carbonyl (C=O) groups is 1. The first-order chi connectivity index (χ1) is 13.4. The van der Waals surface area contributed by atoms with Crippen LogP contribution < -0.4 is 0 Å². The van der Waals surface area contributed by atoms with Crippen LogP contribution in [0.2, 0.25) is 0 Å². The van der Waals surface area contributed by atoms with Gasteiger partial charge in [0, 0.05) is 22.9 Å². The normalized spacial score (nSPS) is 13.0. The molecule has 1 N–H and O–H groups in total. The monoisotopic (exact) mass is 386 g/mol. The van der Waals surface area contributed by atoms with Crippen molar-refractivity contribution in [3.63, 3.8) is 0 Å². The van der Waals surface area contributed by atoms with Gasteiger partial charge in [-0.1, -0.05) is 68.3 Å². The fourth-order valence-corrected chi connectivity index (χ4v) is 3.52. The third kappa shape index (κ3) is 3.79. The van der Waals surface area contributed by atoms with E-state index in [1.807, 2.05) is 37.3 Å². The molecule has 5 heteroatoms. The average Bonchev–Trinajstić information content (AvgIpc) is 3.08. The molecule has 0 aliphatic rings. The minimum absolute atomic E-state index is 0.0711. The Balaban J connectivity index is 2.22. The number of carboxylic acids is 1. The highest BCUT2D eigenvalue weighted by Crippen LogP contribution is 2.45. The van der Waals surface area contributed by atoms with Gasteiger partial charge in [0.1, 0.15) is 5.58 Å². The predicted molar refractivity (Wildman–Crippen MR) is 106 cm³/mol. The lowest BCUT2D eigenvalue weighted by atomic mass is 9.92. The van der Waals surface area contributed by atoms with Gasteiger partial charge in [-0.25, -0.2) is 0 Å². The van der Waals surface area contributed by atoms with Gasteiger partial charge in [-0.2, -0.15) is 8.78 Å². The summed E-state index contributed by atoms with van der Waals surface area (Å²) in [4.78, 5) is 11.6. The van der Waals surface area contributed by atoms with E-state index in [1.165, 1.54) is 6.92 Å². The maximum Gasteiger partial charge on any atom is 0.310 e. The van der Waals surface area contributed by atoms with Gasteiger partial charge in [0.2, 0.25) is 0 Å². The highest BCUT2D eigenvalue weighted by atomic mass is 19.3. The summed E-state index contributed by atoms with van der Waals surface area (Å²) in [5.74, 6) is -5.99. The van der Waals surface area contributed by atoms with Crippen molar-refractivity contribution >= 4 is 16.9 Å². The van der Waals surface area contributed by atoms with Crippen LogP contribution in [0, 0.1) is 0 Å². The van der Waals surface area contributed by atoms with Gasteiger partial charge in [-0.05, 0) is 18.9 Å². The van der Waals surface area contributed by atoms with E-state index in [-0.39, 0.29) is 12.0 Å². The van der Waals surface area contributed by atoms with Crippen molar-refractivity contribution in [1.82, 2.24) is 0 Å². The fourth-order valence-electron chi connectivity index (χ4n) is 3.52. The van der Waals surface area contributed by atoms with Crippen LogP contribution in [0.5, 0.6) is 0 Å². The number of aliphatic carboxylic acids is 1. The molecule has 1 unspecified atom stereocenters. The molecule has 3 rings (SSSR count). The zero-order chi connectivity index (χ0) is 20.3. The first-order valence-electron chi connectivity index (χ1n) is 9.58. The Kier molecular flexibility index (Phi) is 5.82. The van der Waals surface area contributed by atoms with Crippen molar-refractivity contribution in [3.05, 3.63) is 59.9 Å². The number of benzene rings is 2. The van der Waals surface area contributed by atoms with Crippen molar-refractivity contribution in [2.75, 3.05) is 0 Å². The molecule has 0 amide bonds. The van der Waals surface area contributed by atoms with Crippen LogP contribution >= 0.6 is 0 Å². The summed E-state index contributed by atoms with van der Waals surface area (Å²) in [5.41, 5.74) is 1.88. The van der Waals surface area contributed by atoms with Crippen LogP contribution in [0.3, 0.4) is 0 Å². The molecule has 28 heavy (non-hydrogen) atoms. The van der Waals surface area contributed by atoms with Crippen molar-refractivity contribution in [2.24, 2.45) is 0 Å². The van der Waals surface area contributed by atoms with Gasteiger partial charge < -0.3 is 9.52 Å². The molecule has 0 aliphatic carbocycles. The van der Waals surface area contributed by atoms with E-state index in [0.29, 0.717) is 29.4 Å². The van der Waals surface area contributed by atoms with Crippen LogP contribution in [-0.2, 0) is 10.7 Å². The summed E-state index contributed by atoms with van der Waals surface area (Å²) in [6.45, 7) is 3.37. The zero-order valence-corrected chi connectivity index (χ0v) is 16.0. The van der Waals surface area contributed by atoms with E-state index in [2.05, 4.69) is 0 Å². The molecule has 1 atom stereocenters. The molecule has 1 heterocycles. The van der Waals surface area contributed by atoms with Gasteiger partial charge in [0.05, 0.1) is 5.92 Å². The maximum absolute atomic E-state index is 15.0. The Morgan fingerprint density at radius 1 is 1.11 bits per heavy atom. The number of hydrogen-bond donors (Lipinski definition) is 1. The Labute approximate surface area is 163 Å². The Hall–Kier alpha value is -2.69. The van der Waals surface area contributed by atoms with Crippen molar-refractivity contribution in [2.45, 2.75) is 51.4 Å². The molecule has 3 nitrogen and oxygen atoms in total. The molecular weight excluding hydrogens is 362 g/mol. The summed E-state index contributed by atoms with van der Waals surface area (Å²) < 4.78 is 35.8. The summed E-state index contributed by atoms with van der Waals surface area (Å²) in [7, 11) is 0. The van der Waals surface area contributed by atoms with Crippen molar-refractivity contribution in [1.29, 1.82) is 0 Å². The van der Waals surface area contributed by atoms with Crippen LogP contribution in [-0.4, -0.2) is 11.1 Å². The summed E-state index contributed by atoms with van der Waals surface area (Å²) in [6, 6.07) is 14.5. The van der Waals surface area contributed by atoms with Gasteiger partial charge in [-0.3, -0.25) is 4.79 Å². The molecule has 0 saturated carbocycles. The fraction of sp³-hybridized carbons (Fsp3) is 0.348. The topological polar surface area (TPSA) is 50.4 Å². The van der Waals surface area contributed by atoms with Gasteiger partial charge in [0.15, 0.2) is 5.76 Å². The highest BCUT2D eigenvalue weighted by molar-refractivity contribution is 5.97. The molecule has 0 radical (unpaired) electrons. The van der Waals surface area contributed by atoms with E-state index < -0.39 is 23.6 Å². The lowest BCUT2D eigenvalue weighted by Crippen LogP contribution is -2.18. The Morgan fingerprint density at radius 2 is 1.82 bits per heavy atom. The number of carboxylic acid groups (broad SMARTS) is 1. The summed E-state index contributed by atoms with van der Waals surface area (Å²) in [5, 5.41) is 9.95. The Bertz CT molecular complexity index is 961. The molecule has 0 spiro atoms. The Morgan fingerprint density at radius 3 is 2.46 bits per heavy atom. The highest BCUT2D eigenvalue weighted by Gasteiger charge is 2.41. The second-order valence-electron chi connectivity index (χ2n) is 7.11. The lowest BCUT2D eigenvalue weighted by molar-refractivity contribution is -0.138. The molecule has 0 bridgehead atoms. The SMILES string of the molecule is CCCCCC(F)(F)c1oc2c(-c3ccccc3)cccc2c1C(C)C(=O)O.